The van der Waals surface area contributed by atoms with E-state index in [-0.39, 0.29) is 6.04 Å². The van der Waals surface area contributed by atoms with Crippen molar-refractivity contribution in [1.82, 2.24) is 9.55 Å². The molecule has 25 heavy (non-hydrogen) atoms. The maximum absolute atomic E-state index is 11.8. The summed E-state index contributed by atoms with van der Waals surface area (Å²) in [5.74, 6) is 0.0798. The second-order valence-electron chi connectivity index (χ2n) is 5.66. The number of benzene rings is 2. The van der Waals surface area contributed by atoms with Gasteiger partial charge in [-0.1, -0.05) is 42.5 Å². The number of para-hydroxylation sites is 1. The highest BCUT2D eigenvalue weighted by Crippen LogP contribution is 2.23. The number of aromatic nitrogens is 2. The first-order valence-corrected chi connectivity index (χ1v) is 8.06. The molecule has 0 bridgehead atoms. The summed E-state index contributed by atoms with van der Waals surface area (Å²) in [7, 11) is 1.36. The predicted molar refractivity (Wildman–Crippen MR) is 94.6 cm³/mol. The third-order valence-corrected chi connectivity index (χ3v) is 4.11. The lowest BCUT2D eigenvalue weighted by molar-refractivity contribution is 0.0595. The van der Waals surface area contributed by atoms with Crippen molar-refractivity contribution in [2.45, 2.75) is 19.6 Å². The smallest absolute Gasteiger partial charge is 0.341 e. The Bertz CT molecular complexity index is 843. The summed E-state index contributed by atoms with van der Waals surface area (Å²) in [6, 6.07) is 17.4. The van der Waals surface area contributed by atoms with Gasteiger partial charge >= 0.3 is 5.97 Å². The van der Waals surface area contributed by atoms with E-state index in [0.29, 0.717) is 17.9 Å². The van der Waals surface area contributed by atoms with E-state index in [9.17, 15) is 4.79 Å². The van der Waals surface area contributed by atoms with E-state index < -0.39 is 5.97 Å². The molecule has 3 aromatic rings. The number of nitrogens with zero attached hydrogens (tertiary/aromatic N) is 2. The van der Waals surface area contributed by atoms with Gasteiger partial charge in [-0.3, -0.25) is 0 Å². The SMILES string of the molecule is COC(=O)c1ccccc1OCc1cncn1[C@H](C)c1ccccc1. The van der Waals surface area contributed by atoms with Gasteiger partial charge in [-0.25, -0.2) is 9.78 Å². The molecule has 0 amide bonds. The monoisotopic (exact) mass is 336 g/mol. The molecule has 1 atom stereocenters. The minimum Gasteiger partial charge on any atom is -0.486 e. The minimum absolute atomic E-state index is 0.137. The normalized spacial score (nSPS) is 11.8. The molecule has 0 N–H and O–H groups in total. The van der Waals surface area contributed by atoms with Crippen molar-refractivity contribution in [1.29, 1.82) is 0 Å². The Kier molecular flexibility index (Phi) is 5.14. The van der Waals surface area contributed by atoms with Gasteiger partial charge < -0.3 is 14.0 Å². The number of imidazole rings is 1. The predicted octanol–water partition coefficient (Wildman–Crippen LogP) is 3.86. The van der Waals surface area contributed by atoms with Gasteiger partial charge in [0.15, 0.2) is 0 Å². The summed E-state index contributed by atoms with van der Waals surface area (Å²) in [4.78, 5) is 16.1. The van der Waals surface area contributed by atoms with Crippen molar-refractivity contribution in [2.75, 3.05) is 7.11 Å². The summed E-state index contributed by atoms with van der Waals surface area (Å²) in [5, 5.41) is 0. The molecule has 0 unspecified atom stereocenters. The quantitative estimate of drug-likeness (QED) is 0.642. The van der Waals surface area contributed by atoms with Crippen LogP contribution in [0.5, 0.6) is 5.75 Å². The van der Waals surface area contributed by atoms with Crippen LogP contribution in [0.2, 0.25) is 0 Å². The average molecular weight is 336 g/mol. The van der Waals surface area contributed by atoms with Crippen molar-refractivity contribution in [3.05, 3.63) is 83.9 Å². The molecule has 5 nitrogen and oxygen atoms in total. The average Bonchev–Trinajstić information content (AvgIpc) is 3.14. The number of hydrogen-bond acceptors (Lipinski definition) is 4. The molecule has 3 rings (SSSR count). The largest absolute Gasteiger partial charge is 0.486 e. The molecule has 0 saturated carbocycles. The molecule has 5 heteroatoms. The van der Waals surface area contributed by atoms with E-state index in [4.69, 9.17) is 9.47 Å². The Hall–Kier alpha value is -3.08. The minimum atomic E-state index is -0.415. The van der Waals surface area contributed by atoms with Gasteiger partial charge in [-0.2, -0.15) is 0 Å². The van der Waals surface area contributed by atoms with Gasteiger partial charge in [0.25, 0.3) is 0 Å². The molecule has 0 aliphatic heterocycles. The summed E-state index contributed by atoms with van der Waals surface area (Å²) in [5.41, 5.74) is 2.53. The molecule has 0 saturated heterocycles. The van der Waals surface area contributed by atoms with Crippen molar-refractivity contribution >= 4 is 5.97 Å². The first kappa shape index (κ1) is 16.8. The molecule has 2 aromatic carbocycles. The fourth-order valence-corrected chi connectivity index (χ4v) is 2.71. The Morgan fingerprint density at radius 1 is 1.12 bits per heavy atom. The van der Waals surface area contributed by atoms with Gasteiger partial charge in [0, 0.05) is 0 Å². The van der Waals surface area contributed by atoms with Gasteiger partial charge in [-0.05, 0) is 24.6 Å². The summed E-state index contributed by atoms with van der Waals surface area (Å²) in [6.07, 6.45) is 3.57. The van der Waals surface area contributed by atoms with E-state index in [1.165, 1.54) is 12.7 Å². The lowest BCUT2D eigenvalue weighted by Gasteiger charge is -2.18. The third kappa shape index (κ3) is 3.71. The molecular weight excluding hydrogens is 316 g/mol. The molecular formula is C20H20N2O3. The first-order chi connectivity index (χ1) is 12.2. The van der Waals surface area contributed by atoms with Crippen molar-refractivity contribution in [3.63, 3.8) is 0 Å². The van der Waals surface area contributed by atoms with Crippen molar-refractivity contribution in [3.8, 4) is 5.75 Å². The van der Waals surface area contributed by atoms with E-state index >= 15 is 0 Å². The van der Waals surface area contributed by atoms with Gasteiger partial charge in [0.05, 0.1) is 31.4 Å². The zero-order valence-corrected chi connectivity index (χ0v) is 14.3. The van der Waals surface area contributed by atoms with E-state index in [1.807, 2.05) is 24.3 Å². The maximum atomic E-state index is 11.8. The number of esters is 1. The summed E-state index contributed by atoms with van der Waals surface area (Å²) >= 11 is 0. The highest BCUT2D eigenvalue weighted by atomic mass is 16.5. The van der Waals surface area contributed by atoms with Crippen LogP contribution in [-0.2, 0) is 11.3 Å². The molecule has 0 fully saturated rings. The maximum Gasteiger partial charge on any atom is 0.341 e. The number of carbonyl (C=O) groups excluding carboxylic acids is 1. The number of carbonyl (C=O) groups is 1. The topological polar surface area (TPSA) is 53.4 Å². The zero-order valence-electron chi connectivity index (χ0n) is 14.3. The first-order valence-electron chi connectivity index (χ1n) is 8.06. The van der Waals surface area contributed by atoms with Crippen LogP contribution in [-0.4, -0.2) is 22.6 Å². The van der Waals surface area contributed by atoms with Crippen LogP contribution in [0.25, 0.3) is 0 Å². The molecule has 0 aliphatic rings. The summed E-state index contributed by atoms with van der Waals surface area (Å²) < 4.78 is 12.7. The van der Waals surface area contributed by atoms with Crippen LogP contribution >= 0.6 is 0 Å². The molecule has 1 aromatic heterocycles. The van der Waals surface area contributed by atoms with Gasteiger partial charge in [0.2, 0.25) is 0 Å². The Morgan fingerprint density at radius 3 is 2.60 bits per heavy atom. The highest BCUT2D eigenvalue weighted by molar-refractivity contribution is 5.92. The lowest BCUT2D eigenvalue weighted by Crippen LogP contribution is -2.12. The van der Waals surface area contributed by atoms with E-state index in [1.54, 1.807) is 30.7 Å². The molecule has 128 valence electrons. The van der Waals surface area contributed by atoms with Gasteiger partial charge in [-0.15, -0.1) is 0 Å². The van der Waals surface area contributed by atoms with E-state index in [2.05, 4.69) is 28.6 Å². The highest BCUT2D eigenvalue weighted by Gasteiger charge is 2.15. The van der Waals surface area contributed by atoms with Crippen LogP contribution < -0.4 is 4.74 Å². The van der Waals surface area contributed by atoms with Crippen molar-refractivity contribution in [2.24, 2.45) is 0 Å². The van der Waals surface area contributed by atoms with Crippen LogP contribution in [0, 0.1) is 0 Å². The Labute approximate surface area is 146 Å². The second-order valence-corrected chi connectivity index (χ2v) is 5.66. The fraction of sp³-hybridized carbons (Fsp3) is 0.200. The van der Waals surface area contributed by atoms with Crippen LogP contribution in [0.1, 0.15) is 34.6 Å². The van der Waals surface area contributed by atoms with Gasteiger partial charge in [0.1, 0.15) is 17.9 Å². The molecule has 1 heterocycles. The Morgan fingerprint density at radius 2 is 1.84 bits per heavy atom. The molecule has 0 radical (unpaired) electrons. The van der Waals surface area contributed by atoms with Crippen molar-refractivity contribution < 1.29 is 14.3 Å². The number of rotatable bonds is 6. The standard InChI is InChI=1S/C20H20N2O3/c1-15(16-8-4-3-5-9-16)22-14-21-12-17(22)13-25-19-11-7-6-10-18(19)20(23)24-2/h3-12,14-15H,13H2,1-2H3/t15-/m1/s1. The molecule has 0 aliphatic carbocycles. The second kappa shape index (κ2) is 7.66. The van der Waals surface area contributed by atoms with Crippen LogP contribution in [0.15, 0.2) is 67.1 Å². The van der Waals surface area contributed by atoms with E-state index in [0.717, 1.165) is 5.69 Å². The summed E-state index contributed by atoms with van der Waals surface area (Å²) in [6.45, 7) is 2.42. The van der Waals surface area contributed by atoms with Crippen LogP contribution in [0.4, 0.5) is 0 Å². The third-order valence-electron chi connectivity index (χ3n) is 4.11. The fourth-order valence-electron chi connectivity index (χ4n) is 2.71. The Balaban J connectivity index is 1.78. The zero-order chi connectivity index (χ0) is 17.6. The number of ether oxygens (including phenoxy) is 2. The number of methoxy groups -OCH3 is 1. The van der Waals surface area contributed by atoms with Crippen LogP contribution in [0.3, 0.4) is 0 Å². The lowest BCUT2D eigenvalue weighted by atomic mass is 10.1. The molecule has 0 spiro atoms. The number of hydrogen-bond donors (Lipinski definition) is 0.